The van der Waals surface area contributed by atoms with Gasteiger partial charge in [-0.05, 0) is 31.4 Å². The number of thiophene rings is 1. The summed E-state index contributed by atoms with van der Waals surface area (Å²) in [5.41, 5.74) is 2.66. The van der Waals surface area contributed by atoms with E-state index in [1.807, 2.05) is 41.8 Å². The van der Waals surface area contributed by atoms with Crippen LogP contribution in [0, 0.1) is 0 Å². The van der Waals surface area contributed by atoms with Crippen LogP contribution >= 0.6 is 22.7 Å². The average Bonchev–Trinajstić information content (AvgIpc) is 3.40. The van der Waals surface area contributed by atoms with Gasteiger partial charge >= 0.3 is 5.97 Å². The Labute approximate surface area is 184 Å². The van der Waals surface area contributed by atoms with Gasteiger partial charge in [-0.2, -0.15) is 0 Å². The molecular formula is C22H25N3O3S2. The first-order valence-electron chi connectivity index (χ1n) is 9.84. The first-order valence-corrected chi connectivity index (χ1v) is 11.6. The second-order valence-electron chi connectivity index (χ2n) is 6.59. The summed E-state index contributed by atoms with van der Waals surface area (Å²) in [4.78, 5) is 31.9. The van der Waals surface area contributed by atoms with Crippen molar-refractivity contribution in [2.45, 2.75) is 33.3 Å². The Hall–Kier alpha value is -2.71. The summed E-state index contributed by atoms with van der Waals surface area (Å²) < 4.78 is 5.49. The van der Waals surface area contributed by atoms with Crippen molar-refractivity contribution in [3.05, 3.63) is 63.3 Å². The van der Waals surface area contributed by atoms with Gasteiger partial charge in [-0.1, -0.05) is 24.3 Å². The van der Waals surface area contributed by atoms with E-state index in [9.17, 15) is 9.59 Å². The maximum absolute atomic E-state index is 12.3. The number of hydrogen-bond acceptors (Lipinski definition) is 7. The molecule has 0 radical (unpaired) electrons. The highest BCUT2D eigenvalue weighted by atomic mass is 32.1. The fourth-order valence-corrected chi connectivity index (χ4v) is 4.47. The topological polar surface area (TPSA) is 71.5 Å². The third-order valence-electron chi connectivity index (χ3n) is 4.52. The molecule has 0 unspecified atom stereocenters. The average molecular weight is 444 g/mol. The molecule has 0 aliphatic rings. The summed E-state index contributed by atoms with van der Waals surface area (Å²) in [6, 6.07) is 11.8. The highest BCUT2D eigenvalue weighted by Gasteiger charge is 2.13. The summed E-state index contributed by atoms with van der Waals surface area (Å²) >= 11 is 2.85. The summed E-state index contributed by atoms with van der Waals surface area (Å²) in [5.74, 6) is -0.458. The van der Waals surface area contributed by atoms with Crippen LogP contribution in [0.3, 0.4) is 0 Å². The number of carbonyl (C=O) groups excluding carboxylic acids is 2. The molecule has 0 fully saturated rings. The number of nitrogens with zero attached hydrogens (tertiary/aromatic N) is 2. The number of rotatable bonds is 10. The van der Waals surface area contributed by atoms with E-state index >= 15 is 0 Å². The fraction of sp³-hybridized carbons (Fsp3) is 0.318. The van der Waals surface area contributed by atoms with Gasteiger partial charge in [0.1, 0.15) is 6.61 Å². The molecule has 2 heterocycles. The standard InChI is InChI=1S/C22H25N3O3S2/c1-3-25(4-2)19-10-6-5-8-16(19)14-28-21(27)12-17-15-30-22(23-17)24-20(26)13-18-9-7-11-29-18/h5-11,15H,3-4,12-14H2,1-2H3,(H,23,24,26). The minimum Gasteiger partial charge on any atom is -0.460 e. The minimum atomic E-state index is -0.342. The smallest absolute Gasteiger partial charge is 0.312 e. The number of esters is 1. The number of ether oxygens (including phenoxy) is 1. The first kappa shape index (κ1) is 22.0. The number of anilines is 2. The molecule has 0 aliphatic carbocycles. The molecule has 1 N–H and O–H groups in total. The van der Waals surface area contributed by atoms with Crippen molar-refractivity contribution >= 4 is 45.4 Å². The SMILES string of the molecule is CCN(CC)c1ccccc1COC(=O)Cc1csc(NC(=O)Cc2cccs2)n1. The lowest BCUT2D eigenvalue weighted by molar-refractivity contribution is -0.144. The first-order chi connectivity index (χ1) is 14.6. The van der Waals surface area contributed by atoms with Gasteiger partial charge in [-0.15, -0.1) is 22.7 Å². The van der Waals surface area contributed by atoms with E-state index in [0.717, 1.165) is 29.2 Å². The van der Waals surface area contributed by atoms with Crippen LogP contribution in [0.1, 0.15) is 30.0 Å². The third kappa shape index (κ3) is 6.14. The quantitative estimate of drug-likeness (QED) is 0.467. The maximum Gasteiger partial charge on any atom is 0.312 e. The maximum atomic E-state index is 12.3. The number of benzene rings is 1. The van der Waals surface area contributed by atoms with Crippen LogP contribution in [-0.4, -0.2) is 29.9 Å². The molecule has 6 nitrogen and oxygen atoms in total. The van der Waals surface area contributed by atoms with Gasteiger partial charge in [0, 0.05) is 34.6 Å². The number of aromatic nitrogens is 1. The van der Waals surface area contributed by atoms with Gasteiger partial charge in [-0.25, -0.2) is 4.98 Å². The summed E-state index contributed by atoms with van der Waals surface area (Å²) in [6.07, 6.45) is 0.394. The van der Waals surface area contributed by atoms with Gasteiger partial charge in [0.15, 0.2) is 5.13 Å². The third-order valence-corrected chi connectivity index (χ3v) is 6.21. The minimum absolute atomic E-state index is 0.0741. The van der Waals surface area contributed by atoms with Crippen LogP contribution in [0.4, 0.5) is 10.8 Å². The molecule has 1 aromatic carbocycles. The number of nitrogens with one attached hydrogen (secondary N) is 1. The molecule has 0 bridgehead atoms. The lowest BCUT2D eigenvalue weighted by atomic mass is 10.1. The Morgan fingerprint density at radius 1 is 1.07 bits per heavy atom. The van der Waals surface area contributed by atoms with E-state index in [1.165, 1.54) is 11.3 Å². The number of para-hydroxylation sites is 1. The summed E-state index contributed by atoms with van der Waals surface area (Å²) in [7, 11) is 0. The summed E-state index contributed by atoms with van der Waals surface area (Å²) in [6.45, 7) is 6.21. The molecule has 0 aliphatic heterocycles. The largest absolute Gasteiger partial charge is 0.460 e. The molecule has 0 saturated carbocycles. The normalized spacial score (nSPS) is 10.6. The van der Waals surface area contributed by atoms with E-state index in [4.69, 9.17) is 4.74 Å². The second kappa shape index (κ2) is 10.9. The molecule has 2 aromatic heterocycles. The van der Waals surface area contributed by atoms with Crippen molar-refractivity contribution < 1.29 is 14.3 Å². The van der Waals surface area contributed by atoms with Crippen LogP contribution in [0.25, 0.3) is 0 Å². The monoisotopic (exact) mass is 443 g/mol. The molecule has 1 amide bonds. The van der Waals surface area contributed by atoms with Crippen molar-refractivity contribution in [1.82, 2.24) is 4.98 Å². The van der Waals surface area contributed by atoms with E-state index in [-0.39, 0.29) is 24.9 Å². The van der Waals surface area contributed by atoms with Crippen molar-refractivity contribution in [2.24, 2.45) is 0 Å². The van der Waals surface area contributed by atoms with Crippen LogP contribution in [0.2, 0.25) is 0 Å². The summed E-state index contributed by atoms with van der Waals surface area (Å²) in [5, 5.41) is 6.98. The Morgan fingerprint density at radius 2 is 1.87 bits per heavy atom. The zero-order valence-corrected chi connectivity index (χ0v) is 18.7. The van der Waals surface area contributed by atoms with Crippen LogP contribution in [-0.2, 0) is 33.8 Å². The molecule has 158 valence electrons. The van der Waals surface area contributed by atoms with E-state index in [1.54, 1.807) is 16.7 Å². The Bertz CT molecular complexity index is 966. The van der Waals surface area contributed by atoms with Gasteiger partial charge in [-0.3, -0.25) is 9.59 Å². The zero-order chi connectivity index (χ0) is 21.3. The van der Waals surface area contributed by atoms with Crippen molar-refractivity contribution in [1.29, 1.82) is 0 Å². The molecular weight excluding hydrogens is 418 g/mol. The van der Waals surface area contributed by atoms with Crippen molar-refractivity contribution in [3.8, 4) is 0 Å². The van der Waals surface area contributed by atoms with Gasteiger partial charge < -0.3 is 15.0 Å². The Kier molecular flexibility index (Phi) is 7.98. The number of carbonyl (C=O) groups is 2. The van der Waals surface area contributed by atoms with E-state index < -0.39 is 0 Å². The Morgan fingerprint density at radius 3 is 2.60 bits per heavy atom. The second-order valence-corrected chi connectivity index (χ2v) is 8.48. The lowest BCUT2D eigenvalue weighted by Crippen LogP contribution is -2.23. The fourth-order valence-electron chi connectivity index (χ4n) is 3.04. The van der Waals surface area contributed by atoms with Gasteiger partial charge in [0.2, 0.25) is 5.91 Å². The molecule has 8 heteroatoms. The number of amides is 1. The molecule has 0 spiro atoms. The van der Waals surface area contributed by atoms with Gasteiger partial charge in [0.25, 0.3) is 0 Å². The molecule has 0 atom stereocenters. The van der Waals surface area contributed by atoms with Crippen LogP contribution in [0.15, 0.2) is 47.2 Å². The molecule has 0 saturated heterocycles. The van der Waals surface area contributed by atoms with E-state index in [2.05, 4.69) is 29.0 Å². The zero-order valence-electron chi connectivity index (χ0n) is 17.1. The number of hydrogen-bond donors (Lipinski definition) is 1. The van der Waals surface area contributed by atoms with Crippen molar-refractivity contribution in [2.75, 3.05) is 23.3 Å². The van der Waals surface area contributed by atoms with Crippen LogP contribution in [0.5, 0.6) is 0 Å². The predicted octanol–water partition coefficient (Wildman–Crippen LogP) is 4.52. The van der Waals surface area contributed by atoms with Crippen molar-refractivity contribution in [3.63, 3.8) is 0 Å². The molecule has 30 heavy (non-hydrogen) atoms. The van der Waals surface area contributed by atoms with Crippen LogP contribution < -0.4 is 10.2 Å². The molecule has 3 rings (SSSR count). The Balaban J connectivity index is 1.51. The lowest BCUT2D eigenvalue weighted by Gasteiger charge is -2.24. The highest BCUT2D eigenvalue weighted by molar-refractivity contribution is 7.14. The van der Waals surface area contributed by atoms with Gasteiger partial charge in [0.05, 0.1) is 18.5 Å². The predicted molar refractivity (Wildman–Crippen MR) is 122 cm³/mol. The molecule has 3 aromatic rings. The van der Waals surface area contributed by atoms with E-state index in [0.29, 0.717) is 17.2 Å². The number of thiazole rings is 1. The highest BCUT2D eigenvalue weighted by Crippen LogP contribution is 2.22.